The van der Waals surface area contributed by atoms with Gasteiger partial charge in [0.25, 0.3) is 0 Å². The zero-order chi connectivity index (χ0) is 23.9. The average molecular weight is 466 g/mol. The fourth-order valence-electron chi connectivity index (χ4n) is 4.75. The summed E-state index contributed by atoms with van der Waals surface area (Å²) in [4.78, 5) is 28.3. The molecule has 180 valence electrons. The molecule has 0 saturated heterocycles. The van der Waals surface area contributed by atoms with Crippen molar-refractivity contribution in [3.8, 4) is 5.75 Å². The third-order valence-corrected chi connectivity index (χ3v) is 6.55. The van der Waals surface area contributed by atoms with Crippen LogP contribution in [0.25, 0.3) is 0 Å². The molecular weight excluding hydrogens is 435 g/mol. The Morgan fingerprint density at radius 3 is 2.65 bits per heavy atom. The molecule has 1 aliphatic heterocycles. The number of nitrogens with zero attached hydrogens (tertiary/aromatic N) is 1. The van der Waals surface area contributed by atoms with Crippen LogP contribution in [0.1, 0.15) is 48.0 Å². The number of aromatic carboxylic acids is 1. The van der Waals surface area contributed by atoms with Gasteiger partial charge in [0.05, 0.1) is 11.5 Å². The highest BCUT2D eigenvalue weighted by Gasteiger charge is 2.38. The lowest BCUT2D eigenvalue weighted by Crippen LogP contribution is -2.53. The van der Waals surface area contributed by atoms with Crippen LogP contribution in [0.2, 0.25) is 0 Å². The number of hydrogen-bond donors (Lipinski definition) is 5. The summed E-state index contributed by atoms with van der Waals surface area (Å²) in [6.45, 7) is 1.67. The highest BCUT2D eigenvalue weighted by Crippen LogP contribution is 2.31. The molecular formula is C24H31BN4O5. The minimum atomic E-state index is -1.28. The number of benzene rings is 1. The molecule has 1 aliphatic carbocycles. The van der Waals surface area contributed by atoms with Gasteiger partial charge in [0.15, 0.2) is 0 Å². The van der Waals surface area contributed by atoms with Crippen molar-refractivity contribution in [2.45, 2.75) is 50.5 Å². The Hall–Kier alpha value is -3.11. The maximum atomic E-state index is 12.6. The van der Waals surface area contributed by atoms with E-state index in [-0.39, 0.29) is 17.2 Å². The van der Waals surface area contributed by atoms with Crippen molar-refractivity contribution in [2.75, 3.05) is 18.4 Å². The zero-order valence-electron chi connectivity index (χ0n) is 19.1. The van der Waals surface area contributed by atoms with E-state index in [1.807, 2.05) is 18.2 Å². The standard InChI is InChI=1S/C24H31BN4O5/c30-22(29-20-15-17-4-3-5-19(24(31)32)23(17)34-25(20)33)14-16-7-9-18(10-8-16)26-12-13-28-21-6-1-2-11-27-21/h1-6,11,16,18,20,26,33H,7-10,12-15H2,(H,27,28)(H,29,30)(H,31,32). The lowest BCUT2D eigenvalue weighted by molar-refractivity contribution is -0.122. The van der Waals surface area contributed by atoms with Crippen molar-refractivity contribution in [3.63, 3.8) is 0 Å². The zero-order valence-corrected chi connectivity index (χ0v) is 19.1. The SMILES string of the molecule is O=C(CC1CCC(NCCNc2ccccn2)CC1)NC1Cc2cccc(C(=O)O)c2OB1O. The molecule has 1 unspecified atom stereocenters. The molecule has 5 N–H and O–H groups in total. The van der Waals surface area contributed by atoms with E-state index in [2.05, 4.69) is 20.9 Å². The van der Waals surface area contributed by atoms with Crippen LogP contribution in [0.15, 0.2) is 42.6 Å². The molecule has 1 aromatic heterocycles. The van der Waals surface area contributed by atoms with Gasteiger partial charge in [-0.25, -0.2) is 9.78 Å². The summed E-state index contributed by atoms with van der Waals surface area (Å²) >= 11 is 0. The van der Waals surface area contributed by atoms with Crippen LogP contribution in [-0.2, 0) is 11.2 Å². The number of aromatic nitrogens is 1. The Morgan fingerprint density at radius 1 is 1.09 bits per heavy atom. The maximum absolute atomic E-state index is 12.6. The highest BCUT2D eigenvalue weighted by atomic mass is 16.5. The summed E-state index contributed by atoms with van der Waals surface area (Å²) in [5.74, 6) is -0.458. The number of fused-ring (bicyclic) bond motifs is 1. The van der Waals surface area contributed by atoms with Crippen LogP contribution < -0.4 is 20.6 Å². The third kappa shape index (κ3) is 6.27. The smallest absolute Gasteiger partial charge is 0.534 e. The number of nitrogens with one attached hydrogen (secondary N) is 3. The molecule has 9 nitrogen and oxygen atoms in total. The fourth-order valence-corrected chi connectivity index (χ4v) is 4.75. The van der Waals surface area contributed by atoms with Crippen molar-refractivity contribution < 1.29 is 24.4 Å². The Bertz CT molecular complexity index is 985. The van der Waals surface area contributed by atoms with E-state index >= 15 is 0 Å². The summed E-state index contributed by atoms with van der Waals surface area (Å²) in [5.41, 5.74) is 0.679. The number of para-hydroxylation sites is 1. The number of carbonyl (C=O) groups excluding carboxylic acids is 1. The van der Waals surface area contributed by atoms with Crippen molar-refractivity contribution >= 4 is 24.8 Å². The first kappa shape index (κ1) is 24.0. The van der Waals surface area contributed by atoms with Crippen LogP contribution in [-0.4, -0.2) is 59.2 Å². The molecule has 2 aliphatic rings. The molecule has 34 heavy (non-hydrogen) atoms. The second-order valence-electron chi connectivity index (χ2n) is 9.00. The van der Waals surface area contributed by atoms with Gasteiger partial charge in [-0.15, -0.1) is 0 Å². The Balaban J connectivity index is 1.17. The van der Waals surface area contributed by atoms with Gasteiger partial charge in [-0.3, -0.25) is 4.79 Å². The molecule has 0 bridgehead atoms. The van der Waals surface area contributed by atoms with Crippen molar-refractivity contribution in [2.24, 2.45) is 5.92 Å². The molecule has 2 heterocycles. The minimum absolute atomic E-state index is 0.0132. The van der Waals surface area contributed by atoms with Gasteiger partial charge < -0.3 is 30.7 Å². The summed E-state index contributed by atoms with van der Waals surface area (Å²) in [7, 11) is -1.28. The van der Waals surface area contributed by atoms with E-state index in [1.165, 1.54) is 6.07 Å². The van der Waals surface area contributed by atoms with Crippen molar-refractivity contribution in [1.29, 1.82) is 0 Å². The van der Waals surface area contributed by atoms with Crippen molar-refractivity contribution in [1.82, 2.24) is 15.6 Å². The van der Waals surface area contributed by atoms with Gasteiger partial charge in [0.2, 0.25) is 5.91 Å². The lowest BCUT2D eigenvalue weighted by atomic mass is 9.72. The maximum Gasteiger partial charge on any atom is 0.547 e. The normalized spacial score (nSPS) is 21.8. The Kier molecular flexibility index (Phi) is 8.02. The van der Waals surface area contributed by atoms with E-state index in [1.54, 1.807) is 18.3 Å². The molecule has 0 radical (unpaired) electrons. The number of carboxylic acid groups (broad SMARTS) is 1. The van der Waals surface area contributed by atoms with Crippen LogP contribution in [0.3, 0.4) is 0 Å². The third-order valence-electron chi connectivity index (χ3n) is 6.55. The number of anilines is 1. The van der Waals surface area contributed by atoms with E-state index in [0.717, 1.165) is 44.6 Å². The van der Waals surface area contributed by atoms with Crippen LogP contribution in [0.5, 0.6) is 5.75 Å². The fraction of sp³-hybridized carbons (Fsp3) is 0.458. The molecule has 1 saturated carbocycles. The molecule has 0 spiro atoms. The second-order valence-corrected chi connectivity index (χ2v) is 9.00. The predicted octanol–water partition coefficient (Wildman–Crippen LogP) is 1.87. The van der Waals surface area contributed by atoms with Crippen LogP contribution >= 0.6 is 0 Å². The van der Waals surface area contributed by atoms with E-state index < -0.39 is 19.0 Å². The molecule has 1 atom stereocenters. The second kappa shape index (κ2) is 11.3. The number of carboxylic acids is 1. The molecule has 4 rings (SSSR count). The summed E-state index contributed by atoms with van der Waals surface area (Å²) in [6, 6.07) is 11.1. The lowest BCUT2D eigenvalue weighted by Gasteiger charge is -2.31. The largest absolute Gasteiger partial charge is 0.547 e. The molecule has 2 aromatic rings. The summed E-state index contributed by atoms with van der Waals surface area (Å²) in [6.07, 6.45) is 6.53. The van der Waals surface area contributed by atoms with Gasteiger partial charge in [0.1, 0.15) is 11.6 Å². The van der Waals surface area contributed by atoms with E-state index in [9.17, 15) is 19.7 Å². The monoisotopic (exact) mass is 466 g/mol. The highest BCUT2D eigenvalue weighted by molar-refractivity contribution is 6.47. The van der Waals surface area contributed by atoms with E-state index in [4.69, 9.17) is 4.65 Å². The van der Waals surface area contributed by atoms with Crippen molar-refractivity contribution in [3.05, 3.63) is 53.7 Å². The Labute approximate surface area is 199 Å². The quantitative estimate of drug-likeness (QED) is 0.280. The van der Waals surface area contributed by atoms with Crippen LogP contribution in [0.4, 0.5) is 5.82 Å². The average Bonchev–Trinajstić information content (AvgIpc) is 2.83. The van der Waals surface area contributed by atoms with Gasteiger partial charge >= 0.3 is 13.1 Å². The number of carbonyl (C=O) groups is 2. The molecule has 1 amide bonds. The summed E-state index contributed by atoms with van der Waals surface area (Å²) in [5, 5.41) is 29.4. The molecule has 1 fully saturated rings. The minimum Gasteiger partial charge on any atom is -0.534 e. The number of hydrogen-bond acceptors (Lipinski definition) is 7. The number of pyridine rings is 1. The Morgan fingerprint density at radius 2 is 1.91 bits per heavy atom. The molecule has 10 heteroatoms. The van der Waals surface area contributed by atoms with Gasteiger partial charge in [0, 0.05) is 31.7 Å². The summed E-state index contributed by atoms with van der Waals surface area (Å²) < 4.78 is 5.46. The first-order valence-corrected chi connectivity index (χ1v) is 11.9. The van der Waals surface area contributed by atoms with Gasteiger partial charge in [-0.1, -0.05) is 18.2 Å². The molecule has 1 aromatic carbocycles. The number of amides is 1. The van der Waals surface area contributed by atoms with Crippen LogP contribution in [0, 0.1) is 5.92 Å². The first-order chi connectivity index (χ1) is 16.5. The van der Waals surface area contributed by atoms with Gasteiger partial charge in [-0.2, -0.15) is 0 Å². The predicted molar refractivity (Wildman–Crippen MR) is 129 cm³/mol. The van der Waals surface area contributed by atoms with Gasteiger partial charge in [-0.05, 0) is 61.8 Å². The number of rotatable bonds is 9. The topological polar surface area (TPSA) is 133 Å². The van der Waals surface area contributed by atoms with E-state index in [0.29, 0.717) is 30.4 Å². The first-order valence-electron chi connectivity index (χ1n) is 11.9.